The van der Waals surface area contributed by atoms with E-state index in [1.165, 1.54) is 0 Å². The highest BCUT2D eigenvalue weighted by molar-refractivity contribution is 8.07. The highest BCUT2D eigenvalue weighted by Crippen LogP contribution is 2.38. The van der Waals surface area contributed by atoms with E-state index in [2.05, 4.69) is 27.5 Å². The number of carbonyl (C=O) groups is 2. The Balaban J connectivity index is 1.50. The van der Waals surface area contributed by atoms with Crippen LogP contribution in [0.2, 0.25) is 0 Å². The predicted molar refractivity (Wildman–Crippen MR) is 142 cm³/mol. The molecule has 11 nitrogen and oxygen atoms in total. The minimum Gasteiger partial charge on any atom is -0.326 e. The zero-order chi connectivity index (χ0) is 29.9. The summed E-state index contributed by atoms with van der Waals surface area (Å²) in [4.78, 5) is 53.8. The maximum absolute atomic E-state index is 13.3. The van der Waals surface area contributed by atoms with Crippen LogP contribution in [0.25, 0.3) is 0 Å². The van der Waals surface area contributed by atoms with Crippen molar-refractivity contribution in [3.8, 4) is 11.8 Å². The van der Waals surface area contributed by atoms with Crippen LogP contribution in [0, 0.1) is 23.7 Å². The lowest BCUT2D eigenvalue weighted by molar-refractivity contribution is -0.118. The standard InChI is InChI=1S/C26H24F3N5O6S/c1-13-19-20(32-23(13)41(39,40)26(27,28)29)34(25(38)33(2)24(19)37)9-3-4-14-10-17(30-21(35)15-5-6-15)12-18(11-14)31-22(36)16-7-8-16/h10-13,15-16H,5-9H2,1-2H3,(H,30,35)(H,31,36). The molecule has 1 aliphatic heterocycles. The van der Waals surface area contributed by atoms with Gasteiger partial charge in [-0.1, -0.05) is 18.8 Å². The molecule has 0 bridgehead atoms. The summed E-state index contributed by atoms with van der Waals surface area (Å²) < 4.78 is 65.4. The molecule has 5 rings (SSSR count). The number of carbonyl (C=O) groups excluding carboxylic acids is 2. The molecule has 41 heavy (non-hydrogen) atoms. The smallest absolute Gasteiger partial charge is 0.326 e. The highest BCUT2D eigenvalue weighted by Gasteiger charge is 2.53. The average molecular weight is 592 g/mol. The average Bonchev–Trinajstić information content (AvgIpc) is 3.80. The van der Waals surface area contributed by atoms with Crippen LogP contribution >= 0.6 is 0 Å². The molecule has 2 heterocycles. The second-order valence-corrected chi connectivity index (χ2v) is 12.1. The Labute approximate surface area is 231 Å². The number of alkyl halides is 3. The van der Waals surface area contributed by atoms with Crippen molar-refractivity contribution in [1.82, 2.24) is 9.13 Å². The third-order valence-electron chi connectivity index (χ3n) is 6.98. The molecular formula is C26H24F3N5O6S. The van der Waals surface area contributed by atoms with E-state index in [4.69, 9.17) is 0 Å². The number of hydrogen-bond donors (Lipinski definition) is 2. The number of benzene rings is 1. The van der Waals surface area contributed by atoms with Gasteiger partial charge in [0, 0.05) is 41.7 Å². The van der Waals surface area contributed by atoms with Gasteiger partial charge in [-0.05, 0) is 43.9 Å². The molecule has 0 saturated heterocycles. The largest absolute Gasteiger partial charge is 0.503 e. The number of halogens is 3. The van der Waals surface area contributed by atoms with Crippen molar-refractivity contribution in [3.63, 3.8) is 0 Å². The van der Waals surface area contributed by atoms with Crippen molar-refractivity contribution < 1.29 is 31.2 Å². The fourth-order valence-electron chi connectivity index (χ4n) is 4.40. The number of amides is 2. The molecule has 3 aliphatic rings. The summed E-state index contributed by atoms with van der Waals surface area (Å²) in [6, 6.07) is 4.71. The molecule has 15 heteroatoms. The number of nitrogens with one attached hydrogen (secondary N) is 2. The number of aromatic nitrogens is 2. The van der Waals surface area contributed by atoms with Gasteiger partial charge in [-0.15, -0.1) is 0 Å². The quantitative estimate of drug-likeness (QED) is 0.510. The van der Waals surface area contributed by atoms with Gasteiger partial charge in [-0.3, -0.25) is 23.5 Å². The summed E-state index contributed by atoms with van der Waals surface area (Å²) in [5.41, 5.74) is -6.81. The van der Waals surface area contributed by atoms with Crippen LogP contribution < -0.4 is 21.9 Å². The Hall–Kier alpha value is -4.19. The number of nitrogens with zero attached hydrogens (tertiary/aromatic N) is 3. The molecule has 0 radical (unpaired) electrons. The van der Waals surface area contributed by atoms with Crippen LogP contribution in [0.3, 0.4) is 0 Å². The number of fused-ring (bicyclic) bond motifs is 1. The monoisotopic (exact) mass is 591 g/mol. The molecule has 2 aromatic rings. The van der Waals surface area contributed by atoms with Gasteiger partial charge in [0.1, 0.15) is 5.82 Å². The van der Waals surface area contributed by atoms with E-state index in [-0.39, 0.29) is 29.2 Å². The van der Waals surface area contributed by atoms with Gasteiger partial charge in [0.15, 0.2) is 5.04 Å². The first-order chi connectivity index (χ1) is 19.2. The first kappa shape index (κ1) is 28.3. The number of aliphatic imine (C=N–C) groups is 1. The van der Waals surface area contributed by atoms with Crippen molar-refractivity contribution in [2.75, 3.05) is 10.6 Å². The summed E-state index contributed by atoms with van der Waals surface area (Å²) in [7, 11) is -4.76. The van der Waals surface area contributed by atoms with Gasteiger partial charge in [0.05, 0.1) is 12.1 Å². The Morgan fingerprint density at radius 3 is 2.05 bits per heavy atom. The number of rotatable bonds is 5. The lowest BCUT2D eigenvalue weighted by Gasteiger charge is -2.12. The van der Waals surface area contributed by atoms with Gasteiger partial charge in [-0.2, -0.15) is 13.2 Å². The molecule has 1 unspecified atom stereocenters. The first-order valence-corrected chi connectivity index (χ1v) is 14.2. The first-order valence-electron chi connectivity index (χ1n) is 12.7. The fourth-order valence-corrected chi connectivity index (χ4v) is 5.43. The van der Waals surface area contributed by atoms with Gasteiger partial charge >= 0.3 is 11.2 Å². The third kappa shape index (κ3) is 5.43. The van der Waals surface area contributed by atoms with Crippen LogP contribution in [0.5, 0.6) is 0 Å². The molecule has 0 spiro atoms. The van der Waals surface area contributed by atoms with E-state index >= 15 is 0 Å². The molecule has 2 fully saturated rings. The van der Waals surface area contributed by atoms with Crippen LogP contribution in [0.15, 0.2) is 32.8 Å². The van der Waals surface area contributed by atoms with Gasteiger partial charge in [0.25, 0.3) is 15.4 Å². The van der Waals surface area contributed by atoms with Crippen molar-refractivity contribution in [2.24, 2.45) is 23.9 Å². The molecule has 1 aromatic heterocycles. The van der Waals surface area contributed by atoms with E-state index in [0.29, 0.717) is 21.5 Å². The van der Waals surface area contributed by atoms with E-state index in [9.17, 15) is 40.8 Å². The van der Waals surface area contributed by atoms with Crippen LogP contribution in [-0.2, 0) is 33.0 Å². The van der Waals surface area contributed by atoms with Gasteiger partial charge in [0.2, 0.25) is 11.8 Å². The van der Waals surface area contributed by atoms with Crippen molar-refractivity contribution in [3.05, 3.63) is 50.2 Å². The lowest BCUT2D eigenvalue weighted by atomic mass is 10.1. The molecule has 2 aliphatic carbocycles. The SMILES string of the molecule is CC1C(S(=O)(=O)C(F)(F)F)=Nc2c1c(=O)n(C)c(=O)n2CC#Cc1cc(NC(=O)C2CC2)cc(NC(=O)C2CC2)c1. The second kappa shape index (κ2) is 10.0. The van der Waals surface area contributed by atoms with E-state index in [1.54, 1.807) is 18.2 Å². The maximum Gasteiger partial charge on any atom is 0.503 e. The maximum atomic E-state index is 13.3. The Morgan fingerprint density at radius 1 is 1.02 bits per heavy atom. The van der Waals surface area contributed by atoms with Crippen LogP contribution in [0.1, 0.15) is 49.7 Å². The topological polar surface area (TPSA) is 149 Å². The van der Waals surface area contributed by atoms with Gasteiger partial charge < -0.3 is 10.6 Å². The zero-order valence-corrected chi connectivity index (χ0v) is 22.6. The van der Waals surface area contributed by atoms with Gasteiger partial charge in [-0.25, -0.2) is 18.2 Å². The van der Waals surface area contributed by atoms with Crippen LogP contribution in [0.4, 0.5) is 30.4 Å². The summed E-state index contributed by atoms with van der Waals surface area (Å²) in [5, 5.41) is 4.29. The molecule has 216 valence electrons. The molecule has 2 amide bonds. The Bertz CT molecular complexity index is 1760. The normalized spacial score (nSPS) is 18.2. The van der Waals surface area contributed by atoms with Crippen molar-refractivity contribution in [1.29, 1.82) is 0 Å². The summed E-state index contributed by atoms with van der Waals surface area (Å²) in [5.74, 6) is 2.94. The van der Waals surface area contributed by atoms with Crippen molar-refractivity contribution >= 4 is 43.9 Å². The summed E-state index contributed by atoms with van der Waals surface area (Å²) in [6.07, 6.45) is 3.12. The number of sulfone groups is 1. The van der Waals surface area contributed by atoms with Crippen molar-refractivity contribution in [2.45, 2.75) is 50.6 Å². The van der Waals surface area contributed by atoms with E-state index < -0.39 is 49.9 Å². The minimum atomic E-state index is -5.87. The third-order valence-corrected chi connectivity index (χ3v) is 8.59. The Morgan fingerprint density at radius 2 is 1.56 bits per heavy atom. The summed E-state index contributed by atoms with van der Waals surface area (Å²) >= 11 is 0. The Kier molecular flexibility index (Phi) is 6.93. The second-order valence-electron chi connectivity index (χ2n) is 10.2. The summed E-state index contributed by atoms with van der Waals surface area (Å²) in [6.45, 7) is 0.641. The molecule has 1 atom stereocenters. The molecule has 2 saturated carbocycles. The molecular weight excluding hydrogens is 567 g/mol. The lowest BCUT2D eigenvalue weighted by Crippen LogP contribution is -2.40. The minimum absolute atomic E-state index is 0.0815. The predicted octanol–water partition coefficient (Wildman–Crippen LogP) is 2.38. The van der Waals surface area contributed by atoms with E-state index in [0.717, 1.165) is 44.2 Å². The number of hydrogen-bond acceptors (Lipinski definition) is 7. The fraction of sp³-hybridized carbons (Fsp3) is 0.423. The molecule has 2 N–H and O–H groups in total. The molecule has 1 aromatic carbocycles. The highest BCUT2D eigenvalue weighted by atomic mass is 32.2. The van der Waals surface area contributed by atoms with E-state index in [1.807, 2.05) is 0 Å². The van der Waals surface area contributed by atoms with Crippen LogP contribution in [-0.4, -0.2) is 39.9 Å². The number of anilines is 2. The zero-order valence-electron chi connectivity index (χ0n) is 21.8.